The van der Waals surface area contributed by atoms with Gasteiger partial charge in [-0.25, -0.2) is 0 Å². The highest BCUT2D eigenvalue weighted by atomic mass is 16.2. The van der Waals surface area contributed by atoms with Crippen LogP contribution in [0.4, 0.5) is 0 Å². The van der Waals surface area contributed by atoms with Crippen LogP contribution < -0.4 is 0 Å². The minimum atomic E-state index is 0.0799. The first kappa shape index (κ1) is 13.5. The van der Waals surface area contributed by atoms with Gasteiger partial charge in [-0.2, -0.15) is 0 Å². The Bertz CT molecular complexity index is 181. The molecule has 1 amide bonds. The summed E-state index contributed by atoms with van der Waals surface area (Å²) in [6, 6.07) is 0. The first-order chi connectivity index (χ1) is 6.34. The van der Waals surface area contributed by atoms with Crippen LogP contribution in [0.15, 0.2) is 0 Å². The van der Waals surface area contributed by atoms with Gasteiger partial charge in [0, 0.05) is 19.5 Å². The second-order valence-electron chi connectivity index (χ2n) is 5.06. The summed E-state index contributed by atoms with van der Waals surface area (Å²) in [6.45, 7) is 11.4. The highest BCUT2D eigenvalue weighted by Gasteiger charge is 2.31. The molecule has 2 heteroatoms. The van der Waals surface area contributed by atoms with Crippen LogP contribution in [0.2, 0.25) is 0 Å². The summed E-state index contributed by atoms with van der Waals surface area (Å²) >= 11 is 0. The molecule has 0 spiro atoms. The van der Waals surface area contributed by atoms with Crippen LogP contribution >= 0.6 is 0 Å². The molecule has 0 bridgehead atoms. The van der Waals surface area contributed by atoms with E-state index in [4.69, 9.17) is 0 Å². The zero-order chi connectivity index (χ0) is 11.4. The minimum absolute atomic E-state index is 0.0799. The van der Waals surface area contributed by atoms with Gasteiger partial charge in [-0.05, 0) is 18.8 Å². The van der Waals surface area contributed by atoms with Crippen LogP contribution in [0.5, 0.6) is 0 Å². The van der Waals surface area contributed by atoms with Gasteiger partial charge in [0.15, 0.2) is 0 Å². The molecule has 0 saturated heterocycles. The number of nitrogens with zero attached hydrogens (tertiary/aromatic N) is 1. The van der Waals surface area contributed by atoms with Crippen molar-refractivity contribution in [3.05, 3.63) is 0 Å². The molecular formula is C12H25NO. The molecule has 0 fully saturated rings. The Morgan fingerprint density at radius 1 is 1.29 bits per heavy atom. The standard InChI is InChI=1S/C12H25NO/c1-7-9-10(12(3,4)5)11(14)13(6)8-2/h10H,7-9H2,1-6H3/t10-/m0/s1. The van der Waals surface area contributed by atoms with Crippen molar-refractivity contribution in [2.24, 2.45) is 11.3 Å². The van der Waals surface area contributed by atoms with Crippen molar-refractivity contribution in [1.29, 1.82) is 0 Å². The number of rotatable bonds is 4. The molecule has 0 unspecified atom stereocenters. The smallest absolute Gasteiger partial charge is 0.225 e. The van der Waals surface area contributed by atoms with E-state index in [9.17, 15) is 4.79 Å². The quantitative estimate of drug-likeness (QED) is 0.681. The van der Waals surface area contributed by atoms with Crippen molar-refractivity contribution in [2.45, 2.75) is 47.5 Å². The van der Waals surface area contributed by atoms with Crippen molar-refractivity contribution in [2.75, 3.05) is 13.6 Å². The molecule has 14 heavy (non-hydrogen) atoms. The van der Waals surface area contributed by atoms with Gasteiger partial charge >= 0.3 is 0 Å². The molecule has 0 aliphatic heterocycles. The van der Waals surface area contributed by atoms with Gasteiger partial charge in [0.05, 0.1) is 0 Å². The van der Waals surface area contributed by atoms with Gasteiger partial charge in [0.25, 0.3) is 0 Å². The fourth-order valence-corrected chi connectivity index (χ4v) is 1.64. The molecule has 0 aromatic rings. The van der Waals surface area contributed by atoms with E-state index in [-0.39, 0.29) is 11.3 Å². The van der Waals surface area contributed by atoms with E-state index < -0.39 is 0 Å². The SMILES string of the molecule is CCC[C@@H](C(=O)N(C)CC)C(C)(C)C. The van der Waals surface area contributed by atoms with Gasteiger partial charge in [-0.15, -0.1) is 0 Å². The highest BCUT2D eigenvalue weighted by Crippen LogP contribution is 2.31. The zero-order valence-electron chi connectivity index (χ0n) is 10.6. The van der Waals surface area contributed by atoms with Gasteiger partial charge in [-0.1, -0.05) is 34.1 Å². The fourth-order valence-electron chi connectivity index (χ4n) is 1.64. The maximum absolute atomic E-state index is 12.0. The number of hydrogen-bond donors (Lipinski definition) is 0. The Labute approximate surface area is 88.7 Å². The van der Waals surface area contributed by atoms with Crippen molar-refractivity contribution in [3.63, 3.8) is 0 Å². The number of amides is 1. The van der Waals surface area contributed by atoms with Gasteiger partial charge in [0.1, 0.15) is 0 Å². The van der Waals surface area contributed by atoms with Gasteiger partial charge in [0.2, 0.25) is 5.91 Å². The molecule has 0 radical (unpaired) electrons. The number of hydrogen-bond acceptors (Lipinski definition) is 1. The Morgan fingerprint density at radius 3 is 2.07 bits per heavy atom. The predicted octanol–water partition coefficient (Wildman–Crippen LogP) is 2.93. The van der Waals surface area contributed by atoms with E-state index in [2.05, 4.69) is 27.7 Å². The highest BCUT2D eigenvalue weighted by molar-refractivity contribution is 5.79. The molecule has 0 aromatic carbocycles. The van der Waals surface area contributed by atoms with Crippen LogP contribution in [0.25, 0.3) is 0 Å². The van der Waals surface area contributed by atoms with E-state index in [1.165, 1.54) is 0 Å². The molecule has 0 aliphatic rings. The summed E-state index contributed by atoms with van der Waals surface area (Å²) in [6.07, 6.45) is 2.07. The van der Waals surface area contributed by atoms with E-state index in [1.54, 1.807) is 0 Å². The van der Waals surface area contributed by atoms with Gasteiger partial charge < -0.3 is 4.90 Å². The molecular weight excluding hydrogens is 174 g/mol. The van der Waals surface area contributed by atoms with Crippen molar-refractivity contribution >= 4 is 5.91 Å². The summed E-state index contributed by atoms with van der Waals surface area (Å²) in [4.78, 5) is 13.9. The third-order valence-corrected chi connectivity index (χ3v) is 2.77. The maximum Gasteiger partial charge on any atom is 0.225 e. The summed E-state index contributed by atoms with van der Waals surface area (Å²) in [7, 11) is 1.89. The number of carbonyl (C=O) groups is 1. The van der Waals surface area contributed by atoms with Crippen LogP contribution in [0.1, 0.15) is 47.5 Å². The summed E-state index contributed by atoms with van der Waals surface area (Å²) in [5.41, 5.74) is 0.0799. The van der Waals surface area contributed by atoms with Crippen molar-refractivity contribution in [1.82, 2.24) is 4.90 Å². The molecule has 0 N–H and O–H groups in total. The molecule has 0 rings (SSSR count). The normalized spacial score (nSPS) is 13.9. The van der Waals surface area contributed by atoms with E-state index in [0.29, 0.717) is 5.91 Å². The van der Waals surface area contributed by atoms with E-state index >= 15 is 0 Å². The molecule has 2 nitrogen and oxygen atoms in total. The van der Waals surface area contributed by atoms with Gasteiger partial charge in [-0.3, -0.25) is 4.79 Å². The molecule has 0 heterocycles. The third-order valence-electron chi connectivity index (χ3n) is 2.77. The molecule has 84 valence electrons. The Morgan fingerprint density at radius 2 is 1.79 bits per heavy atom. The van der Waals surface area contributed by atoms with Crippen molar-refractivity contribution in [3.8, 4) is 0 Å². The molecule has 0 aromatic heterocycles. The topological polar surface area (TPSA) is 20.3 Å². The average molecular weight is 199 g/mol. The largest absolute Gasteiger partial charge is 0.346 e. The second-order valence-corrected chi connectivity index (χ2v) is 5.06. The van der Waals surface area contributed by atoms with Crippen LogP contribution in [0.3, 0.4) is 0 Å². The van der Waals surface area contributed by atoms with E-state index in [1.807, 2.05) is 18.9 Å². The zero-order valence-corrected chi connectivity index (χ0v) is 10.6. The second kappa shape index (κ2) is 5.38. The molecule has 0 saturated carbocycles. The van der Waals surface area contributed by atoms with Crippen LogP contribution in [-0.2, 0) is 4.79 Å². The Kier molecular flexibility index (Phi) is 5.17. The molecule has 1 atom stereocenters. The lowest BCUT2D eigenvalue weighted by Gasteiger charge is -2.32. The Hall–Kier alpha value is -0.530. The fraction of sp³-hybridized carbons (Fsp3) is 0.917. The van der Waals surface area contributed by atoms with Crippen molar-refractivity contribution < 1.29 is 4.79 Å². The maximum atomic E-state index is 12.0. The Balaban J connectivity index is 4.57. The lowest BCUT2D eigenvalue weighted by Crippen LogP contribution is -2.39. The summed E-state index contributed by atoms with van der Waals surface area (Å²) in [5.74, 6) is 0.458. The first-order valence-electron chi connectivity index (χ1n) is 5.59. The first-order valence-corrected chi connectivity index (χ1v) is 5.59. The molecule has 0 aliphatic carbocycles. The van der Waals surface area contributed by atoms with E-state index in [0.717, 1.165) is 19.4 Å². The van der Waals surface area contributed by atoms with Crippen LogP contribution in [-0.4, -0.2) is 24.4 Å². The average Bonchev–Trinajstić information content (AvgIpc) is 2.09. The lowest BCUT2D eigenvalue weighted by molar-refractivity contribution is -0.137. The summed E-state index contributed by atoms with van der Waals surface area (Å²) < 4.78 is 0. The number of carbonyl (C=O) groups excluding carboxylic acids is 1. The monoisotopic (exact) mass is 199 g/mol. The summed E-state index contributed by atoms with van der Waals surface area (Å²) in [5, 5.41) is 0. The predicted molar refractivity (Wildman–Crippen MR) is 61.2 cm³/mol. The third kappa shape index (κ3) is 3.69. The minimum Gasteiger partial charge on any atom is -0.346 e. The lowest BCUT2D eigenvalue weighted by atomic mass is 9.77. The van der Waals surface area contributed by atoms with Crippen LogP contribution in [0, 0.1) is 11.3 Å².